The number of furan rings is 1. The highest BCUT2D eigenvalue weighted by atomic mass is 16.5. The molecule has 1 aromatic heterocycles. The van der Waals surface area contributed by atoms with E-state index in [2.05, 4.69) is 0 Å². The van der Waals surface area contributed by atoms with Crippen LogP contribution in [0.25, 0.3) is 11.3 Å². The fraction of sp³-hybridized carbons (Fsp3) is 0.158. The normalized spacial score (nSPS) is 10.6. The van der Waals surface area contributed by atoms with Crippen LogP contribution in [0.1, 0.15) is 16.9 Å². The number of aryl methyl sites for hydroxylation is 1. The van der Waals surface area contributed by atoms with Gasteiger partial charge in [0.2, 0.25) is 0 Å². The molecular formula is C19H18O3. The summed E-state index contributed by atoms with van der Waals surface area (Å²) in [6.45, 7) is 2.32. The van der Waals surface area contributed by atoms with E-state index >= 15 is 0 Å². The van der Waals surface area contributed by atoms with Crippen molar-refractivity contribution in [3.8, 4) is 17.1 Å². The Bertz CT molecular complexity index is 744. The van der Waals surface area contributed by atoms with Crippen LogP contribution in [0.4, 0.5) is 0 Å². The Morgan fingerprint density at radius 2 is 1.82 bits per heavy atom. The first-order chi connectivity index (χ1) is 10.8. The fourth-order valence-electron chi connectivity index (χ4n) is 2.32. The molecule has 0 aliphatic carbocycles. The molecule has 22 heavy (non-hydrogen) atoms. The van der Waals surface area contributed by atoms with E-state index in [0.29, 0.717) is 12.4 Å². The average molecular weight is 294 g/mol. The Balaban J connectivity index is 1.80. The molecule has 0 fully saturated rings. The molecule has 2 aromatic carbocycles. The maximum Gasteiger partial charge on any atom is 0.134 e. The lowest BCUT2D eigenvalue weighted by molar-refractivity contribution is 0.259. The van der Waals surface area contributed by atoms with Gasteiger partial charge in [-0.15, -0.1) is 0 Å². The molecular weight excluding hydrogens is 276 g/mol. The number of hydrogen-bond acceptors (Lipinski definition) is 3. The van der Waals surface area contributed by atoms with Gasteiger partial charge in [-0.2, -0.15) is 0 Å². The van der Waals surface area contributed by atoms with Gasteiger partial charge in [-0.05, 0) is 42.8 Å². The van der Waals surface area contributed by atoms with Gasteiger partial charge in [0, 0.05) is 11.1 Å². The zero-order chi connectivity index (χ0) is 15.4. The second-order valence-corrected chi connectivity index (χ2v) is 5.17. The van der Waals surface area contributed by atoms with Gasteiger partial charge in [0.25, 0.3) is 0 Å². The predicted octanol–water partition coefficient (Wildman–Crippen LogP) is 4.33. The van der Waals surface area contributed by atoms with Gasteiger partial charge in [-0.1, -0.05) is 30.3 Å². The third kappa shape index (κ3) is 3.21. The maximum absolute atomic E-state index is 9.58. The molecule has 0 amide bonds. The molecule has 3 rings (SSSR count). The monoisotopic (exact) mass is 294 g/mol. The van der Waals surface area contributed by atoms with E-state index in [0.717, 1.165) is 28.2 Å². The minimum absolute atomic E-state index is 0.0718. The van der Waals surface area contributed by atoms with E-state index in [1.807, 2.05) is 67.6 Å². The molecule has 3 heteroatoms. The van der Waals surface area contributed by atoms with Crippen LogP contribution in [0.2, 0.25) is 0 Å². The first-order valence-corrected chi connectivity index (χ1v) is 7.23. The van der Waals surface area contributed by atoms with Gasteiger partial charge >= 0.3 is 0 Å². The van der Waals surface area contributed by atoms with E-state index in [9.17, 15) is 5.11 Å². The molecule has 1 N–H and O–H groups in total. The Morgan fingerprint density at radius 1 is 1.00 bits per heavy atom. The quantitative estimate of drug-likeness (QED) is 0.761. The number of aliphatic hydroxyl groups is 1. The summed E-state index contributed by atoms with van der Waals surface area (Å²) in [4.78, 5) is 0. The predicted molar refractivity (Wildman–Crippen MR) is 85.6 cm³/mol. The Labute approximate surface area is 129 Å². The van der Waals surface area contributed by atoms with Crippen molar-refractivity contribution in [2.75, 3.05) is 0 Å². The maximum atomic E-state index is 9.58. The summed E-state index contributed by atoms with van der Waals surface area (Å²) in [6.07, 6.45) is 0. The number of ether oxygens (including phenoxy) is 1. The largest absolute Gasteiger partial charge is 0.489 e. The van der Waals surface area contributed by atoms with Crippen LogP contribution in [0, 0.1) is 6.92 Å². The highest BCUT2D eigenvalue weighted by molar-refractivity contribution is 5.60. The number of aliphatic hydroxyl groups excluding tert-OH is 1. The Kier molecular flexibility index (Phi) is 4.26. The molecule has 0 radical (unpaired) electrons. The summed E-state index contributed by atoms with van der Waals surface area (Å²) in [7, 11) is 0. The van der Waals surface area contributed by atoms with Gasteiger partial charge in [0.05, 0.1) is 6.61 Å². The molecule has 112 valence electrons. The van der Waals surface area contributed by atoms with Crippen LogP contribution in [0.5, 0.6) is 5.75 Å². The smallest absolute Gasteiger partial charge is 0.134 e. The summed E-state index contributed by atoms with van der Waals surface area (Å²) in [5.41, 5.74) is 2.78. The summed E-state index contributed by atoms with van der Waals surface area (Å²) in [5, 5.41) is 9.58. The SMILES string of the molecule is Cc1ccc(-c2ccc(OCc3ccccc3)c(CO)c2)o1. The van der Waals surface area contributed by atoms with Crippen LogP contribution < -0.4 is 4.74 Å². The highest BCUT2D eigenvalue weighted by Gasteiger charge is 2.08. The average Bonchev–Trinajstić information content (AvgIpc) is 3.00. The molecule has 0 unspecified atom stereocenters. The van der Waals surface area contributed by atoms with Crippen molar-refractivity contribution in [2.45, 2.75) is 20.1 Å². The van der Waals surface area contributed by atoms with E-state index in [-0.39, 0.29) is 6.61 Å². The van der Waals surface area contributed by atoms with Crippen LogP contribution in [-0.2, 0) is 13.2 Å². The zero-order valence-electron chi connectivity index (χ0n) is 12.5. The molecule has 0 aliphatic heterocycles. The first kappa shape index (κ1) is 14.4. The van der Waals surface area contributed by atoms with E-state index in [1.54, 1.807) is 0 Å². The molecule has 3 aromatic rings. The van der Waals surface area contributed by atoms with E-state index in [4.69, 9.17) is 9.15 Å². The van der Waals surface area contributed by atoms with Crippen molar-refractivity contribution in [2.24, 2.45) is 0 Å². The van der Waals surface area contributed by atoms with Crippen molar-refractivity contribution in [3.05, 3.63) is 77.6 Å². The number of rotatable bonds is 5. The lowest BCUT2D eigenvalue weighted by Gasteiger charge is -2.11. The number of hydrogen-bond donors (Lipinski definition) is 1. The molecule has 0 spiro atoms. The summed E-state index contributed by atoms with van der Waals surface area (Å²) in [6, 6.07) is 19.5. The van der Waals surface area contributed by atoms with Crippen LogP contribution in [0.15, 0.2) is 65.1 Å². The van der Waals surface area contributed by atoms with Gasteiger partial charge in [-0.25, -0.2) is 0 Å². The molecule has 0 aliphatic rings. The van der Waals surface area contributed by atoms with Gasteiger partial charge in [-0.3, -0.25) is 0 Å². The van der Waals surface area contributed by atoms with Crippen molar-refractivity contribution in [3.63, 3.8) is 0 Å². The van der Waals surface area contributed by atoms with Crippen LogP contribution >= 0.6 is 0 Å². The highest BCUT2D eigenvalue weighted by Crippen LogP contribution is 2.28. The Hall–Kier alpha value is -2.52. The zero-order valence-corrected chi connectivity index (χ0v) is 12.5. The molecule has 0 saturated carbocycles. The second kappa shape index (κ2) is 6.50. The lowest BCUT2D eigenvalue weighted by atomic mass is 10.1. The third-order valence-electron chi connectivity index (χ3n) is 3.49. The summed E-state index contributed by atoms with van der Waals surface area (Å²) < 4.78 is 11.4. The molecule has 3 nitrogen and oxygen atoms in total. The van der Waals surface area contributed by atoms with Crippen molar-refractivity contribution >= 4 is 0 Å². The van der Waals surface area contributed by atoms with E-state index in [1.165, 1.54) is 0 Å². The Morgan fingerprint density at radius 3 is 2.50 bits per heavy atom. The van der Waals surface area contributed by atoms with Crippen molar-refractivity contribution in [1.29, 1.82) is 0 Å². The summed E-state index contributed by atoms with van der Waals surface area (Å²) >= 11 is 0. The first-order valence-electron chi connectivity index (χ1n) is 7.23. The van der Waals surface area contributed by atoms with Crippen molar-refractivity contribution < 1.29 is 14.3 Å². The third-order valence-corrected chi connectivity index (χ3v) is 3.49. The standard InChI is InChI=1S/C19H18O3/c1-14-7-9-19(22-14)16-8-10-18(17(11-16)12-20)21-13-15-5-3-2-4-6-15/h2-11,20H,12-13H2,1H3. The number of benzene rings is 2. The lowest BCUT2D eigenvalue weighted by Crippen LogP contribution is -1.99. The van der Waals surface area contributed by atoms with Crippen molar-refractivity contribution in [1.82, 2.24) is 0 Å². The minimum Gasteiger partial charge on any atom is -0.489 e. The van der Waals surface area contributed by atoms with E-state index < -0.39 is 0 Å². The van der Waals surface area contributed by atoms with Gasteiger partial charge < -0.3 is 14.3 Å². The second-order valence-electron chi connectivity index (χ2n) is 5.17. The molecule has 0 bridgehead atoms. The van der Waals surface area contributed by atoms with Gasteiger partial charge in [0.15, 0.2) is 0 Å². The summed E-state index contributed by atoms with van der Waals surface area (Å²) in [5.74, 6) is 2.35. The molecule has 0 atom stereocenters. The molecule has 1 heterocycles. The van der Waals surface area contributed by atoms with Crippen LogP contribution in [-0.4, -0.2) is 5.11 Å². The fourth-order valence-corrected chi connectivity index (χ4v) is 2.32. The van der Waals surface area contributed by atoms with Crippen LogP contribution in [0.3, 0.4) is 0 Å². The van der Waals surface area contributed by atoms with Gasteiger partial charge in [0.1, 0.15) is 23.9 Å². The minimum atomic E-state index is -0.0718. The topological polar surface area (TPSA) is 42.6 Å². The molecule has 0 saturated heterocycles.